The summed E-state index contributed by atoms with van der Waals surface area (Å²) in [4.78, 5) is 26.4. The summed E-state index contributed by atoms with van der Waals surface area (Å²) in [6.45, 7) is 5.12. The molecule has 0 bridgehead atoms. The lowest BCUT2D eigenvalue weighted by molar-refractivity contribution is 0.250. The zero-order valence-corrected chi connectivity index (χ0v) is 18.0. The second kappa shape index (κ2) is 9.04. The Morgan fingerprint density at radius 3 is 2.44 bits per heavy atom. The fraction of sp³-hybridized carbons (Fsp3) is 0.320. The van der Waals surface area contributed by atoms with Crippen molar-refractivity contribution in [3.63, 3.8) is 0 Å². The van der Waals surface area contributed by atoms with Crippen LogP contribution in [-0.4, -0.2) is 52.2 Å². The number of pyridine rings is 1. The minimum atomic E-state index is -0.154. The van der Waals surface area contributed by atoms with Gasteiger partial charge < -0.3 is 4.90 Å². The van der Waals surface area contributed by atoms with E-state index >= 15 is 0 Å². The minimum absolute atomic E-state index is 0.0354. The number of aromatic nitrogens is 3. The highest BCUT2D eigenvalue weighted by Gasteiger charge is 2.18. The van der Waals surface area contributed by atoms with Crippen molar-refractivity contribution in [2.45, 2.75) is 19.4 Å². The first-order valence-electron chi connectivity index (χ1n) is 11.2. The van der Waals surface area contributed by atoms with Crippen molar-refractivity contribution in [1.82, 2.24) is 19.4 Å². The molecule has 32 heavy (non-hydrogen) atoms. The van der Waals surface area contributed by atoms with E-state index in [2.05, 4.69) is 19.8 Å². The number of para-hydroxylation sites is 2. The van der Waals surface area contributed by atoms with Crippen LogP contribution in [0.4, 0.5) is 10.1 Å². The summed E-state index contributed by atoms with van der Waals surface area (Å²) in [7, 11) is 0. The molecule has 2 aromatic heterocycles. The molecule has 0 N–H and O–H groups in total. The maximum absolute atomic E-state index is 14.0. The molecule has 3 heterocycles. The molecule has 7 heteroatoms. The summed E-state index contributed by atoms with van der Waals surface area (Å²) >= 11 is 0. The van der Waals surface area contributed by atoms with E-state index in [1.54, 1.807) is 23.2 Å². The molecule has 0 unspecified atom stereocenters. The Balaban J connectivity index is 1.15. The third-order valence-electron chi connectivity index (χ3n) is 6.25. The summed E-state index contributed by atoms with van der Waals surface area (Å²) in [5.74, 6) is -0.154. The number of anilines is 1. The Labute approximate surface area is 185 Å². The van der Waals surface area contributed by atoms with Crippen molar-refractivity contribution in [3.8, 4) is 0 Å². The van der Waals surface area contributed by atoms with E-state index in [1.807, 2.05) is 36.4 Å². The van der Waals surface area contributed by atoms with Crippen LogP contribution in [-0.2, 0) is 6.54 Å². The molecule has 1 saturated heterocycles. The number of halogens is 1. The van der Waals surface area contributed by atoms with Gasteiger partial charge in [0.2, 0.25) is 0 Å². The van der Waals surface area contributed by atoms with E-state index in [4.69, 9.17) is 0 Å². The van der Waals surface area contributed by atoms with Gasteiger partial charge >= 0.3 is 0 Å². The average Bonchev–Trinajstić information content (AvgIpc) is 2.83. The van der Waals surface area contributed by atoms with Gasteiger partial charge in [-0.25, -0.2) is 9.37 Å². The van der Waals surface area contributed by atoms with Crippen LogP contribution in [0.5, 0.6) is 0 Å². The lowest BCUT2D eigenvalue weighted by Gasteiger charge is -2.36. The first-order valence-corrected chi connectivity index (χ1v) is 11.2. The molecule has 0 atom stereocenters. The van der Waals surface area contributed by atoms with E-state index in [9.17, 15) is 9.18 Å². The quantitative estimate of drug-likeness (QED) is 0.344. The van der Waals surface area contributed by atoms with Crippen LogP contribution in [0.1, 0.15) is 12.8 Å². The van der Waals surface area contributed by atoms with Crippen molar-refractivity contribution >= 4 is 27.5 Å². The second-order valence-electron chi connectivity index (χ2n) is 8.27. The first-order chi connectivity index (χ1) is 15.7. The summed E-state index contributed by atoms with van der Waals surface area (Å²) in [5.41, 5.74) is 2.22. The second-order valence-corrected chi connectivity index (χ2v) is 8.27. The maximum atomic E-state index is 14.0. The molecule has 0 spiro atoms. The Morgan fingerprint density at radius 1 is 0.844 bits per heavy atom. The van der Waals surface area contributed by atoms with Crippen LogP contribution in [0, 0.1) is 5.82 Å². The molecular formula is C25H26FN5O. The van der Waals surface area contributed by atoms with Crippen LogP contribution in [0.3, 0.4) is 0 Å². The fourth-order valence-electron chi connectivity index (χ4n) is 4.45. The Bertz CT molecular complexity index is 1300. The third-order valence-corrected chi connectivity index (χ3v) is 6.25. The van der Waals surface area contributed by atoms with E-state index in [0.29, 0.717) is 23.1 Å². The molecule has 0 radical (unpaired) electrons. The molecular weight excluding hydrogens is 405 g/mol. The molecule has 6 nitrogen and oxygen atoms in total. The predicted octanol–water partition coefficient (Wildman–Crippen LogP) is 3.69. The molecule has 1 aliphatic rings. The van der Waals surface area contributed by atoms with Gasteiger partial charge in [-0.2, -0.15) is 0 Å². The average molecular weight is 432 g/mol. The highest BCUT2D eigenvalue weighted by Crippen LogP contribution is 2.21. The van der Waals surface area contributed by atoms with Crippen molar-refractivity contribution in [2.24, 2.45) is 0 Å². The van der Waals surface area contributed by atoms with Gasteiger partial charge in [-0.15, -0.1) is 0 Å². The van der Waals surface area contributed by atoms with E-state index < -0.39 is 0 Å². The lowest BCUT2D eigenvalue weighted by atomic mass is 10.1. The number of rotatable bonds is 6. The van der Waals surface area contributed by atoms with Gasteiger partial charge in [0.05, 0.1) is 28.4 Å². The highest BCUT2D eigenvalue weighted by atomic mass is 19.1. The topological polar surface area (TPSA) is 54.3 Å². The van der Waals surface area contributed by atoms with Crippen LogP contribution in [0.15, 0.2) is 65.8 Å². The van der Waals surface area contributed by atoms with Crippen LogP contribution < -0.4 is 10.5 Å². The standard InChI is InChI=1S/C25H26FN5O/c26-21-8-2-4-10-23(21)30-15-13-29(14-16-30)11-5-6-12-31-18-28-24-19-7-1-3-9-22(19)27-17-20(24)25(31)32/h1-4,7-10,17-18H,5-6,11-16H2. The molecule has 1 aliphatic heterocycles. The van der Waals surface area contributed by atoms with Gasteiger partial charge in [0.25, 0.3) is 5.56 Å². The number of benzene rings is 2. The molecule has 5 rings (SSSR count). The fourth-order valence-corrected chi connectivity index (χ4v) is 4.45. The van der Waals surface area contributed by atoms with Gasteiger partial charge in [-0.1, -0.05) is 30.3 Å². The number of piperazine rings is 1. The third kappa shape index (κ3) is 4.08. The zero-order chi connectivity index (χ0) is 21.9. The zero-order valence-electron chi connectivity index (χ0n) is 18.0. The smallest absolute Gasteiger partial charge is 0.262 e. The molecule has 0 saturated carbocycles. The summed E-state index contributed by atoms with van der Waals surface area (Å²) in [6, 6.07) is 14.7. The number of fused-ring (bicyclic) bond motifs is 3. The minimum Gasteiger partial charge on any atom is -0.367 e. The van der Waals surface area contributed by atoms with Crippen molar-refractivity contribution in [3.05, 3.63) is 77.2 Å². The summed E-state index contributed by atoms with van der Waals surface area (Å²) in [5, 5.41) is 1.47. The number of nitrogens with zero attached hydrogens (tertiary/aromatic N) is 5. The lowest BCUT2D eigenvalue weighted by Crippen LogP contribution is -2.46. The Kier molecular flexibility index (Phi) is 5.81. The van der Waals surface area contributed by atoms with Gasteiger partial charge in [-0.05, 0) is 37.6 Å². The molecule has 1 fully saturated rings. The van der Waals surface area contributed by atoms with Crippen LogP contribution in [0.2, 0.25) is 0 Å². The Morgan fingerprint density at radius 2 is 1.59 bits per heavy atom. The Hall–Kier alpha value is -3.32. The van der Waals surface area contributed by atoms with Crippen LogP contribution >= 0.6 is 0 Å². The number of hydrogen-bond donors (Lipinski definition) is 0. The number of unbranched alkanes of at least 4 members (excludes halogenated alkanes) is 1. The summed E-state index contributed by atoms with van der Waals surface area (Å²) in [6.07, 6.45) is 5.20. The van der Waals surface area contributed by atoms with Gasteiger partial charge in [0.15, 0.2) is 0 Å². The molecule has 164 valence electrons. The van der Waals surface area contributed by atoms with Crippen molar-refractivity contribution < 1.29 is 4.39 Å². The van der Waals surface area contributed by atoms with E-state index in [1.165, 1.54) is 6.07 Å². The maximum Gasteiger partial charge on any atom is 0.262 e. The van der Waals surface area contributed by atoms with Crippen LogP contribution in [0.25, 0.3) is 21.8 Å². The van der Waals surface area contributed by atoms with Gasteiger partial charge in [0, 0.05) is 44.3 Å². The first kappa shape index (κ1) is 20.6. The molecule has 0 aliphatic carbocycles. The largest absolute Gasteiger partial charge is 0.367 e. The van der Waals surface area contributed by atoms with Gasteiger partial charge in [0.1, 0.15) is 5.82 Å². The number of hydrogen-bond acceptors (Lipinski definition) is 5. The predicted molar refractivity (Wildman–Crippen MR) is 126 cm³/mol. The highest BCUT2D eigenvalue weighted by molar-refractivity contribution is 6.02. The van der Waals surface area contributed by atoms with E-state index in [0.717, 1.165) is 56.5 Å². The molecule has 4 aromatic rings. The normalized spacial score (nSPS) is 15.0. The summed E-state index contributed by atoms with van der Waals surface area (Å²) < 4.78 is 15.7. The SMILES string of the molecule is O=c1c2cnc3ccccc3c2ncn1CCCCN1CCN(c2ccccc2F)CC1. The van der Waals surface area contributed by atoms with Crippen molar-refractivity contribution in [2.75, 3.05) is 37.6 Å². The van der Waals surface area contributed by atoms with E-state index in [-0.39, 0.29) is 11.4 Å². The number of aryl methyl sites for hydroxylation is 1. The van der Waals surface area contributed by atoms with Gasteiger partial charge in [-0.3, -0.25) is 19.2 Å². The molecule has 2 aromatic carbocycles. The molecule has 0 amide bonds. The van der Waals surface area contributed by atoms with Crippen molar-refractivity contribution in [1.29, 1.82) is 0 Å². The monoisotopic (exact) mass is 431 g/mol.